The van der Waals surface area contributed by atoms with Crippen molar-refractivity contribution in [2.75, 3.05) is 0 Å². The van der Waals surface area contributed by atoms with Gasteiger partial charge in [0.1, 0.15) is 4.33 Å². The zero-order valence-electron chi connectivity index (χ0n) is 11.9. The Balaban J connectivity index is 2.72. The normalized spacial score (nSPS) is 12.4. The van der Waals surface area contributed by atoms with Gasteiger partial charge in [0, 0.05) is 0 Å². The van der Waals surface area contributed by atoms with Gasteiger partial charge in [0.15, 0.2) is 0 Å². The van der Waals surface area contributed by atoms with Gasteiger partial charge in [0.2, 0.25) is 0 Å². The molecule has 0 unspecified atom stereocenters. The van der Waals surface area contributed by atoms with E-state index in [0.29, 0.717) is 6.42 Å². The summed E-state index contributed by atoms with van der Waals surface area (Å²) in [5.74, 6) is 0. The largest absolute Gasteiger partial charge is 0.131 e. The zero-order chi connectivity index (χ0) is 14.6. The zero-order valence-corrected chi connectivity index (χ0v) is 13.5. The van der Waals surface area contributed by atoms with Gasteiger partial charge in [-0.25, -0.2) is 0 Å². The summed E-state index contributed by atoms with van der Waals surface area (Å²) < 4.78 is -0.843. The van der Waals surface area contributed by atoms with E-state index in [2.05, 4.69) is 31.2 Å². The minimum atomic E-state index is -0.843. The molecule has 2 heteroatoms. The Morgan fingerprint density at radius 1 is 0.700 bits per heavy atom. The van der Waals surface area contributed by atoms with Gasteiger partial charge in [0.05, 0.1) is 5.41 Å². The van der Waals surface area contributed by atoms with Crippen LogP contribution in [0.4, 0.5) is 0 Å². The maximum Gasteiger partial charge on any atom is 0.131 e. The summed E-state index contributed by atoms with van der Waals surface area (Å²) in [5, 5.41) is 0. The molecule has 0 nitrogen and oxygen atoms in total. The highest BCUT2D eigenvalue weighted by atomic mass is 35.5. The molecule has 2 rings (SSSR count). The first kappa shape index (κ1) is 15.4. The van der Waals surface area contributed by atoms with Crippen molar-refractivity contribution in [3.63, 3.8) is 0 Å². The van der Waals surface area contributed by atoms with Crippen LogP contribution in [-0.2, 0) is 5.41 Å². The van der Waals surface area contributed by atoms with E-state index in [4.69, 9.17) is 23.2 Å². The molecular formula is C18H20Cl2. The van der Waals surface area contributed by atoms with Crippen molar-refractivity contribution in [1.82, 2.24) is 0 Å². The van der Waals surface area contributed by atoms with E-state index in [-0.39, 0.29) is 0 Å². The van der Waals surface area contributed by atoms with Crippen LogP contribution in [0, 0.1) is 0 Å². The standard InChI is InChI=1S/C18H20Cl2/c1-3-17(18(19,20)4-2,15-11-7-5-8-12-15)16-13-9-6-10-14-16/h5-14H,3-4H2,1-2H3. The molecule has 0 aliphatic rings. The predicted molar refractivity (Wildman–Crippen MR) is 88.7 cm³/mol. The van der Waals surface area contributed by atoms with Crippen molar-refractivity contribution < 1.29 is 0 Å². The van der Waals surface area contributed by atoms with E-state index in [1.807, 2.05) is 43.3 Å². The summed E-state index contributed by atoms with van der Waals surface area (Å²) in [6.45, 7) is 4.19. The van der Waals surface area contributed by atoms with Crippen LogP contribution in [0.15, 0.2) is 60.7 Å². The number of benzene rings is 2. The maximum absolute atomic E-state index is 6.78. The average molecular weight is 307 g/mol. The minimum absolute atomic E-state index is 0.395. The lowest BCUT2D eigenvalue weighted by Crippen LogP contribution is -2.44. The first-order valence-corrected chi connectivity index (χ1v) is 7.83. The third kappa shape index (κ3) is 2.47. The van der Waals surface area contributed by atoms with Gasteiger partial charge in [-0.2, -0.15) is 0 Å². The summed E-state index contributed by atoms with van der Waals surface area (Å²) in [6.07, 6.45) is 1.54. The molecule has 0 amide bonds. The van der Waals surface area contributed by atoms with Crippen molar-refractivity contribution in [2.24, 2.45) is 0 Å². The Hall–Kier alpha value is -0.980. The Kier molecular flexibility index (Phi) is 4.78. The molecule has 0 bridgehead atoms. The molecule has 0 N–H and O–H groups in total. The van der Waals surface area contributed by atoms with E-state index in [1.165, 1.54) is 11.1 Å². The van der Waals surface area contributed by atoms with Crippen LogP contribution in [-0.4, -0.2) is 4.33 Å². The fourth-order valence-electron chi connectivity index (χ4n) is 3.00. The average Bonchev–Trinajstić information content (AvgIpc) is 2.50. The smallest absolute Gasteiger partial charge is 0.100 e. The van der Waals surface area contributed by atoms with Gasteiger partial charge in [-0.1, -0.05) is 74.5 Å². The number of alkyl halides is 2. The third-order valence-corrected chi connectivity index (χ3v) is 5.31. The number of rotatable bonds is 5. The van der Waals surface area contributed by atoms with Crippen LogP contribution in [0.1, 0.15) is 37.8 Å². The Morgan fingerprint density at radius 3 is 1.40 bits per heavy atom. The number of hydrogen-bond acceptors (Lipinski definition) is 0. The number of halogens is 2. The van der Waals surface area contributed by atoms with E-state index in [0.717, 1.165) is 6.42 Å². The highest BCUT2D eigenvalue weighted by molar-refractivity contribution is 6.49. The predicted octanol–water partition coefficient (Wildman–Crippen LogP) is 5.97. The molecule has 2 aromatic carbocycles. The molecule has 0 saturated heterocycles. The van der Waals surface area contributed by atoms with Gasteiger partial charge < -0.3 is 0 Å². The van der Waals surface area contributed by atoms with Crippen LogP contribution in [0.2, 0.25) is 0 Å². The SMILES string of the molecule is CCC(Cl)(Cl)C(CC)(c1ccccc1)c1ccccc1. The highest BCUT2D eigenvalue weighted by Crippen LogP contribution is 2.52. The lowest BCUT2D eigenvalue weighted by Gasteiger charge is -2.43. The van der Waals surface area contributed by atoms with Crippen LogP contribution < -0.4 is 0 Å². The molecule has 0 saturated carbocycles. The molecule has 0 heterocycles. The van der Waals surface area contributed by atoms with E-state index in [9.17, 15) is 0 Å². The summed E-state index contributed by atoms with van der Waals surface area (Å²) in [6, 6.07) is 20.7. The molecule has 0 aliphatic heterocycles. The molecule has 0 radical (unpaired) electrons. The maximum atomic E-state index is 6.78. The molecule has 0 atom stereocenters. The lowest BCUT2D eigenvalue weighted by molar-refractivity contribution is 0.422. The van der Waals surface area contributed by atoms with E-state index in [1.54, 1.807) is 0 Å². The molecule has 106 valence electrons. The second-order valence-corrected chi connectivity index (χ2v) is 6.53. The molecule has 2 aromatic rings. The lowest BCUT2D eigenvalue weighted by atomic mass is 9.69. The molecule has 0 fully saturated rings. The fraction of sp³-hybridized carbons (Fsp3) is 0.333. The van der Waals surface area contributed by atoms with Gasteiger partial charge in [-0.15, -0.1) is 23.2 Å². The molecule has 0 aliphatic carbocycles. The summed E-state index contributed by atoms with van der Waals surface area (Å²) in [4.78, 5) is 0. The van der Waals surface area contributed by atoms with Crippen molar-refractivity contribution in [3.8, 4) is 0 Å². The van der Waals surface area contributed by atoms with Gasteiger partial charge in [0.25, 0.3) is 0 Å². The summed E-state index contributed by atoms with van der Waals surface area (Å²) >= 11 is 13.6. The van der Waals surface area contributed by atoms with Gasteiger partial charge >= 0.3 is 0 Å². The molecular weight excluding hydrogens is 287 g/mol. The Bertz CT molecular complexity index is 492. The number of hydrogen-bond donors (Lipinski definition) is 0. The molecule has 0 aromatic heterocycles. The van der Waals surface area contributed by atoms with Crippen molar-refractivity contribution in [3.05, 3.63) is 71.8 Å². The van der Waals surface area contributed by atoms with Crippen LogP contribution in [0.25, 0.3) is 0 Å². The highest BCUT2D eigenvalue weighted by Gasteiger charge is 2.49. The summed E-state index contributed by atoms with van der Waals surface area (Å²) in [7, 11) is 0. The van der Waals surface area contributed by atoms with Crippen molar-refractivity contribution >= 4 is 23.2 Å². The molecule has 20 heavy (non-hydrogen) atoms. The summed E-state index contributed by atoms with van der Waals surface area (Å²) in [5.41, 5.74) is 1.94. The Labute approximate surface area is 131 Å². The monoisotopic (exact) mass is 306 g/mol. The van der Waals surface area contributed by atoms with Crippen LogP contribution in [0.5, 0.6) is 0 Å². The minimum Gasteiger partial charge on any atom is -0.100 e. The van der Waals surface area contributed by atoms with E-state index >= 15 is 0 Å². The van der Waals surface area contributed by atoms with Crippen LogP contribution >= 0.6 is 23.2 Å². The van der Waals surface area contributed by atoms with Gasteiger partial charge in [-0.05, 0) is 24.0 Å². The first-order valence-electron chi connectivity index (χ1n) is 7.07. The first-order chi connectivity index (χ1) is 9.58. The second kappa shape index (κ2) is 6.20. The third-order valence-electron chi connectivity index (χ3n) is 4.13. The Morgan fingerprint density at radius 2 is 1.10 bits per heavy atom. The quantitative estimate of drug-likeness (QED) is 0.597. The fourth-order valence-corrected chi connectivity index (χ4v) is 3.71. The van der Waals surface area contributed by atoms with Crippen LogP contribution in [0.3, 0.4) is 0 Å². The topological polar surface area (TPSA) is 0 Å². The van der Waals surface area contributed by atoms with Crippen molar-refractivity contribution in [2.45, 2.75) is 36.4 Å². The second-order valence-electron chi connectivity index (χ2n) is 5.05. The van der Waals surface area contributed by atoms with E-state index < -0.39 is 9.75 Å². The van der Waals surface area contributed by atoms with Crippen molar-refractivity contribution in [1.29, 1.82) is 0 Å². The van der Waals surface area contributed by atoms with Gasteiger partial charge in [-0.3, -0.25) is 0 Å². The molecule has 0 spiro atoms.